The first kappa shape index (κ1) is 13.7. The molecule has 0 aliphatic rings. The Bertz CT molecular complexity index is 578. The molecule has 19 heavy (non-hydrogen) atoms. The van der Waals surface area contributed by atoms with Gasteiger partial charge in [-0.05, 0) is 38.1 Å². The molecule has 1 heterocycles. The Kier molecular flexibility index (Phi) is 4.00. The predicted molar refractivity (Wildman–Crippen MR) is 70.1 cm³/mol. The second kappa shape index (κ2) is 5.53. The van der Waals surface area contributed by atoms with Crippen molar-refractivity contribution >= 4 is 0 Å². The molecule has 0 saturated carbocycles. The highest BCUT2D eigenvalue weighted by atomic mass is 19.2. The van der Waals surface area contributed by atoms with E-state index in [1.807, 2.05) is 19.9 Å². The number of furan rings is 1. The molecule has 1 aromatic carbocycles. The van der Waals surface area contributed by atoms with Crippen LogP contribution in [0.25, 0.3) is 0 Å². The lowest BCUT2D eigenvalue weighted by Gasteiger charge is -2.17. The summed E-state index contributed by atoms with van der Waals surface area (Å²) in [5.74, 6) is -0.295. The van der Waals surface area contributed by atoms with Crippen molar-refractivity contribution in [1.82, 2.24) is 5.32 Å². The predicted octanol–water partition coefficient (Wildman–Crippen LogP) is 3.87. The van der Waals surface area contributed by atoms with Crippen LogP contribution in [0.15, 0.2) is 28.7 Å². The van der Waals surface area contributed by atoms with Crippen molar-refractivity contribution in [2.75, 3.05) is 6.54 Å². The van der Waals surface area contributed by atoms with Gasteiger partial charge in [0.25, 0.3) is 0 Å². The van der Waals surface area contributed by atoms with E-state index in [1.54, 1.807) is 25.1 Å². The Morgan fingerprint density at radius 1 is 1.11 bits per heavy atom. The second-order valence-corrected chi connectivity index (χ2v) is 4.54. The maximum Gasteiger partial charge on any atom is 0.164 e. The van der Waals surface area contributed by atoms with E-state index in [4.69, 9.17) is 4.42 Å². The summed E-state index contributed by atoms with van der Waals surface area (Å²) in [6, 6.07) is 6.28. The molecule has 1 aromatic heterocycles. The summed E-state index contributed by atoms with van der Waals surface area (Å²) < 4.78 is 33.3. The molecule has 1 N–H and O–H groups in total. The van der Waals surface area contributed by atoms with Crippen molar-refractivity contribution in [3.63, 3.8) is 0 Å². The third kappa shape index (κ3) is 2.68. The van der Waals surface area contributed by atoms with Gasteiger partial charge in [0.1, 0.15) is 11.5 Å². The number of hydrogen-bond donors (Lipinski definition) is 1. The minimum absolute atomic E-state index is 0.263. The quantitative estimate of drug-likeness (QED) is 0.907. The second-order valence-electron chi connectivity index (χ2n) is 4.54. The monoisotopic (exact) mass is 265 g/mol. The lowest BCUT2D eigenvalue weighted by molar-refractivity contribution is 0.417. The topological polar surface area (TPSA) is 25.2 Å². The van der Waals surface area contributed by atoms with E-state index >= 15 is 0 Å². The van der Waals surface area contributed by atoms with Crippen LogP contribution in [-0.4, -0.2) is 6.54 Å². The zero-order valence-corrected chi connectivity index (χ0v) is 11.3. The Balaban J connectivity index is 2.48. The van der Waals surface area contributed by atoms with Gasteiger partial charge in [-0.25, -0.2) is 8.78 Å². The van der Waals surface area contributed by atoms with Gasteiger partial charge in [-0.2, -0.15) is 0 Å². The van der Waals surface area contributed by atoms with Gasteiger partial charge in [0, 0.05) is 5.56 Å². The molecule has 0 saturated heterocycles. The molecule has 1 atom stereocenters. The van der Waals surface area contributed by atoms with Crippen molar-refractivity contribution < 1.29 is 13.2 Å². The van der Waals surface area contributed by atoms with Crippen molar-refractivity contribution in [2.24, 2.45) is 0 Å². The van der Waals surface area contributed by atoms with Crippen LogP contribution >= 0.6 is 0 Å². The summed E-state index contributed by atoms with van der Waals surface area (Å²) in [4.78, 5) is 0. The molecule has 2 aromatic rings. The first-order valence-corrected chi connectivity index (χ1v) is 6.28. The smallest absolute Gasteiger partial charge is 0.164 e. The molecule has 1 unspecified atom stereocenters. The number of aryl methyl sites for hydroxylation is 2. The van der Waals surface area contributed by atoms with E-state index in [9.17, 15) is 8.78 Å². The van der Waals surface area contributed by atoms with Gasteiger partial charge in [-0.15, -0.1) is 0 Å². The zero-order valence-electron chi connectivity index (χ0n) is 11.3. The molecule has 0 bridgehead atoms. The minimum atomic E-state index is -0.819. The van der Waals surface area contributed by atoms with Crippen molar-refractivity contribution in [2.45, 2.75) is 26.8 Å². The van der Waals surface area contributed by atoms with Crippen LogP contribution < -0.4 is 5.32 Å². The van der Waals surface area contributed by atoms with E-state index < -0.39 is 17.7 Å². The first-order chi connectivity index (χ1) is 9.04. The number of benzene rings is 1. The highest BCUT2D eigenvalue weighted by Crippen LogP contribution is 2.28. The number of halogens is 2. The van der Waals surface area contributed by atoms with Gasteiger partial charge < -0.3 is 9.73 Å². The van der Waals surface area contributed by atoms with Crippen LogP contribution in [0.1, 0.15) is 35.6 Å². The van der Waals surface area contributed by atoms with E-state index in [-0.39, 0.29) is 5.56 Å². The third-order valence-electron chi connectivity index (χ3n) is 3.07. The minimum Gasteiger partial charge on any atom is -0.464 e. The molecule has 0 radical (unpaired) electrons. The summed E-state index contributed by atoms with van der Waals surface area (Å²) in [5.41, 5.74) is 0.562. The molecule has 0 amide bonds. The molecule has 0 aliphatic carbocycles. The van der Waals surface area contributed by atoms with Crippen LogP contribution in [-0.2, 0) is 0 Å². The fraction of sp³-hybridized carbons (Fsp3) is 0.333. The standard InChI is InChI=1S/C15H17F2NO/c1-4-18-15(12-8-6-10(3)19-12)11-7-5-9(2)13(16)14(11)17/h5-8,15,18H,4H2,1-3H3. The number of nitrogens with one attached hydrogen (secondary N) is 1. The van der Waals surface area contributed by atoms with Crippen molar-refractivity contribution in [3.05, 3.63) is 58.5 Å². The highest BCUT2D eigenvalue weighted by Gasteiger charge is 2.22. The normalized spacial score (nSPS) is 12.7. The molecule has 0 spiro atoms. The first-order valence-electron chi connectivity index (χ1n) is 6.28. The highest BCUT2D eigenvalue weighted by molar-refractivity contribution is 5.32. The average Bonchev–Trinajstić information content (AvgIpc) is 2.81. The molecule has 4 heteroatoms. The lowest BCUT2D eigenvalue weighted by atomic mass is 10.0. The Morgan fingerprint density at radius 3 is 2.42 bits per heavy atom. The molecule has 0 fully saturated rings. The Morgan fingerprint density at radius 2 is 1.84 bits per heavy atom. The Hall–Kier alpha value is -1.68. The van der Waals surface area contributed by atoms with Crippen LogP contribution in [0, 0.1) is 25.5 Å². The van der Waals surface area contributed by atoms with Gasteiger partial charge in [-0.3, -0.25) is 0 Å². The van der Waals surface area contributed by atoms with E-state index in [1.165, 1.54) is 0 Å². The van der Waals surface area contributed by atoms with Crippen molar-refractivity contribution in [3.8, 4) is 0 Å². The van der Waals surface area contributed by atoms with E-state index in [2.05, 4.69) is 5.32 Å². The van der Waals surface area contributed by atoms with Crippen molar-refractivity contribution in [1.29, 1.82) is 0 Å². The average molecular weight is 265 g/mol. The van der Waals surface area contributed by atoms with E-state index in [0.717, 1.165) is 5.76 Å². The van der Waals surface area contributed by atoms with Crippen LogP contribution in [0.4, 0.5) is 8.78 Å². The molecule has 2 nitrogen and oxygen atoms in total. The SMILES string of the molecule is CCNC(c1ccc(C)o1)c1ccc(C)c(F)c1F. The summed E-state index contributed by atoms with van der Waals surface area (Å²) >= 11 is 0. The lowest BCUT2D eigenvalue weighted by Crippen LogP contribution is -2.23. The molecule has 102 valence electrons. The van der Waals surface area contributed by atoms with Gasteiger partial charge in [-0.1, -0.05) is 19.1 Å². The number of hydrogen-bond acceptors (Lipinski definition) is 2. The molecular formula is C15H17F2NO. The fourth-order valence-electron chi connectivity index (χ4n) is 2.06. The van der Waals surface area contributed by atoms with Gasteiger partial charge >= 0.3 is 0 Å². The van der Waals surface area contributed by atoms with Gasteiger partial charge in [0.2, 0.25) is 0 Å². The zero-order chi connectivity index (χ0) is 14.0. The van der Waals surface area contributed by atoms with Crippen LogP contribution in [0.5, 0.6) is 0 Å². The van der Waals surface area contributed by atoms with Crippen LogP contribution in [0.2, 0.25) is 0 Å². The molecule has 0 aliphatic heterocycles. The molecule has 2 rings (SSSR count). The largest absolute Gasteiger partial charge is 0.464 e. The Labute approximate surface area is 111 Å². The van der Waals surface area contributed by atoms with E-state index in [0.29, 0.717) is 17.9 Å². The van der Waals surface area contributed by atoms with Gasteiger partial charge in [0.15, 0.2) is 11.6 Å². The van der Waals surface area contributed by atoms with Crippen LogP contribution in [0.3, 0.4) is 0 Å². The summed E-state index contributed by atoms with van der Waals surface area (Å²) in [7, 11) is 0. The fourth-order valence-corrected chi connectivity index (χ4v) is 2.06. The summed E-state index contributed by atoms with van der Waals surface area (Å²) in [6.45, 7) is 5.89. The number of rotatable bonds is 4. The summed E-state index contributed by atoms with van der Waals surface area (Å²) in [5, 5.41) is 3.12. The third-order valence-corrected chi connectivity index (χ3v) is 3.07. The van der Waals surface area contributed by atoms with Gasteiger partial charge in [0.05, 0.1) is 6.04 Å². The molecular weight excluding hydrogens is 248 g/mol. The maximum absolute atomic E-state index is 14.1. The maximum atomic E-state index is 14.1. The summed E-state index contributed by atoms with van der Waals surface area (Å²) in [6.07, 6.45) is 0.